The third kappa shape index (κ3) is 5.01. The highest BCUT2D eigenvalue weighted by atomic mass is 16.5. The van der Waals surface area contributed by atoms with E-state index in [4.69, 9.17) is 4.74 Å². The summed E-state index contributed by atoms with van der Waals surface area (Å²) in [6.07, 6.45) is 10.9. The lowest BCUT2D eigenvalue weighted by atomic mass is 9.77. The van der Waals surface area contributed by atoms with Crippen molar-refractivity contribution in [2.45, 2.75) is 64.2 Å². The molecule has 0 atom stereocenters. The van der Waals surface area contributed by atoms with Crippen LogP contribution in [0.2, 0.25) is 0 Å². The summed E-state index contributed by atoms with van der Waals surface area (Å²) in [5, 5.41) is 9.81. The quantitative estimate of drug-likeness (QED) is 0.549. The normalized spacial score (nSPS) is 20.4. The van der Waals surface area contributed by atoms with E-state index in [0.717, 1.165) is 11.7 Å². The van der Waals surface area contributed by atoms with Gasteiger partial charge in [-0.05, 0) is 67.3 Å². The van der Waals surface area contributed by atoms with Gasteiger partial charge < -0.3 is 9.84 Å². The van der Waals surface area contributed by atoms with Gasteiger partial charge in [0.05, 0.1) is 0 Å². The van der Waals surface area contributed by atoms with Gasteiger partial charge in [-0.15, -0.1) is 0 Å². The lowest BCUT2D eigenvalue weighted by Crippen LogP contribution is -2.13. The molecule has 0 saturated heterocycles. The summed E-state index contributed by atoms with van der Waals surface area (Å²) in [7, 11) is 0. The molecule has 0 bridgehead atoms. The van der Waals surface area contributed by atoms with Gasteiger partial charge >= 0.3 is 0 Å². The summed E-state index contributed by atoms with van der Waals surface area (Å²) in [4.78, 5) is 0. The number of phenols is 1. The maximum atomic E-state index is 9.81. The molecule has 0 aromatic heterocycles. The predicted octanol–water partition coefficient (Wildman–Crippen LogP) is 7.04. The van der Waals surface area contributed by atoms with Gasteiger partial charge in [0.25, 0.3) is 0 Å². The first-order valence-corrected chi connectivity index (χ1v) is 9.82. The van der Waals surface area contributed by atoms with E-state index in [0.29, 0.717) is 11.7 Å². The van der Waals surface area contributed by atoms with E-state index < -0.39 is 0 Å². The maximum absolute atomic E-state index is 9.81. The fourth-order valence-electron chi connectivity index (χ4n) is 3.95. The molecule has 3 rings (SSSR count). The molecule has 0 aliphatic heterocycles. The smallest absolute Gasteiger partial charge is 0.169 e. The van der Waals surface area contributed by atoms with Crippen molar-refractivity contribution >= 4 is 0 Å². The molecule has 0 heterocycles. The average molecular weight is 338 g/mol. The van der Waals surface area contributed by atoms with Crippen LogP contribution in [0.3, 0.4) is 0 Å². The zero-order chi connectivity index (χ0) is 17.5. The number of phenolic OH excluding ortho intramolecular Hbond substituents is 1. The molecule has 0 radical (unpaired) electrons. The van der Waals surface area contributed by atoms with Crippen LogP contribution in [0.5, 0.6) is 17.2 Å². The Hall–Kier alpha value is -1.96. The van der Waals surface area contributed by atoms with Crippen LogP contribution in [-0.2, 0) is 0 Å². The van der Waals surface area contributed by atoms with Crippen molar-refractivity contribution in [1.82, 2.24) is 0 Å². The van der Waals surface area contributed by atoms with Gasteiger partial charge in [0.1, 0.15) is 5.75 Å². The second-order valence-corrected chi connectivity index (χ2v) is 7.35. The zero-order valence-electron chi connectivity index (χ0n) is 15.3. The van der Waals surface area contributed by atoms with Crippen molar-refractivity contribution in [2.75, 3.05) is 0 Å². The molecule has 2 aromatic carbocycles. The molecule has 25 heavy (non-hydrogen) atoms. The molecule has 1 saturated carbocycles. The molecule has 0 spiro atoms. The van der Waals surface area contributed by atoms with Gasteiger partial charge in [0, 0.05) is 0 Å². The van der Waals surface area contributed by atoms with E-state index in [2.05, 4.69) is 19.1 Å². The predicted molar refractivity (Wildman–Crippen MR) is 103 cm³/mol. The molecule has 2 aromatic rings. The average Bonchev–Trinajstić information content (AvgIpc) is 2.65. The van der Waals surface area contributed by atoms with Crippen LogP contribution >= 0.6 is 0 Å². The van der Waals surface area contributed by atoms with E-state index in [9.17, 15) is 5.11 Å². The molecule has 2 heteroatoms. The molecular weight excluding hydrogens is 308 g/mol. The minimum atomic E-state index is 0.174. The fourth-order valence-corrected chi connectivity index (χ4v) is 3.95. The Morgan fingerprint density at radius 3 is 2.32 bits per heavy atom. The van der Waals surface area contributed by atoms with E-state index in [1.807, 2.05) is 18.2 Å². The lowest BCUT2D eigenvalue weighted by Gasteiger charge is -2.29. The molecule has 0 unspecified atom stereocenters. The molecule has 2 nitrogen and oxygen atoms in total. The van der Waals surface area contributed by atoms with Crippen molar-refractivity contribution in [3.63, 3.8) is 0 Å². The minimum absolute atomic E-state index is 0.174. The van der Waals surface area contributed by atoms with Gasteiger partial charge in [-0.25, -0.2) is 0 Å². The molecular formula is C23H30O2. The number of rotatable bonds is 7. The number of para-hydroxylation sites is 2. The highest BCUT2D eigenvalue weighted by Gasteiger charge is 2.22. The van der Waals surface area contributed by atoms with Crippen LogP contribution in [0.15, 0.2) is 48.5 Å². The lowest BCUT2D eigenvalue weighted by molar-refractivity contribution is 0.302. The third-order valence-electron chi connectivity index (χ3n) is 5.51. The van der Waals surface area contributed by atoms with Crippen molar-refractivity contribution in [2.24, 2.45) is 5.92 Å². The Kier molecular flexibility index (Phi) is 6.38. The van der Waals surface area contributed by atoms with Gasteiger partial charge in [0.2, 0.25) is 0 Å². The van der Waals surface area contributed by atoms with E-state index in [1.165, 1.54) is 56.9 Å². The van der Waals surface area contributed by atoms with Crippen molar-refractivity contribution in [3.05, 3.63) is 54.1 Å². The van der Waals surface area contributed by atoms with Gasteiger partial charge in [-0.2, -0.15) is 0 Å². The summed E-state index contributed by atoms with van der Waals surface area (Å²) >= 11 is 0. The van der Waals surface area contributed by atoms with Gasteiger partial charge in [-0.1, -0.05) is 56.9 Å². The SMILES string of the molecule is CCCCC[C@H]1CC[C@H](c2ccc(Oc3ccccc3O)cc2)CC1. The number of benzene rings is 2. The number of aromatic hydroxyl groups is 1. The Morgan fingerprint density at radius 2 is 1.64 bits per heavy atom. The summed E-state index contributed by atoms with van der Waals surface area (Å²) in [5.74, 6) is 3.10. The monoisotopic (exact) mass is 338 g/mol. The Bertz CT molecular complexity index is 639. The molecule has 1 N–H and O–H groups in total. The standard InChI is InChI=1S/C23H30O2/c1-2-3-4-7-18-10-12-19(13-11-18)20-14-16-21(17-15-20)25-23-9-6-5-8-22(23)24/h5-6,8-9,14-19,24H,2-4,7,10-13H2,1H3/t18-,19-. The number of hydrogen-bond acceptors (Lipinski definition) is 2. The first-order valence-electron chi connectivity index (χ1n) is 9.82. The van der Waals surface area contributed by atoms with E-state index in [-0.39, 0.29) is 5.75 Å². The fraction of sp³-hybridized carbons (Fsp3) is 0.478. The third-order valence-corrected chi connectivity index (χ3v) is 5.51. The van der Waals surface area contributed by atoms with Crippen LogP contribution in [-0.4, -0.2) is 5.11 Å². The Morgan fingerprint density at radius 1 is 0.920 bits per heavy atom. The second kappa shape index (κ2) is 8.94. The van der Waals surface area contributed by atoms with Gasteiger partial charge in [-0.3, -0.25) is 0 Å². The molecule has 1 fully saturated rings. The summed E-state index contributed by atoms with van der Waals surface area (Å²) < 4.78 is 5.77. The first-order chi connectivity index (χ1) is 12.3. The summed E-state index contributed by atoms with van der Waals surface area (Å²) in [5.41, 5.74) is 1.43. The first kappa shape index (κ1) is 17.8. The van der Waals surface area contributed by atoms with E-state index >= 15 is 0 Å². The minimum Gasteiger partial charge on any atom is -0.504 e. The summed E-state index contributed by atoms with van der Waals surface area (Å²) in [6, 6.07) is 15.5. The Balaban J connectivity index is 1.52. The van der Waals surface area contributed by atoms with Crippen molar-refractivity contribution < 1.29 is 9.84 Å². The highest BCUT2D eigenvalue weighted by molar-refractivity contribution is 5.42. The molecule has 0 amide bonds. The van der Waals surface area contributed by atoms with Crippen molar-refractivity contribution in [3.8, 4) is 17.2 Å². The zero-order valence-corrected chi connectivity index (χ0v) is 15.3. The Labute approximate surface area is 151 Å². The highest BCUT2D eigenvalue weighted by Crippen LogP contribution is 2.38. The molecule has 134 valence electrons. The van der Waals surface area contributed by atoms with Crippen LogP contribution in [0.4, 0.5) is 0 Å². The maximum Gasteiger partial charge on any atom is 0.169 e. The van der Waals surface area contributed by atoms with E-state index in [1.54, 1.807) is 18.2 Å². The number of ether oxygens (including phenoxy) is 1. The van der Waals surface area contributed by atoms with Crippen LogP contribution in [0.25, 0.3) is 0 Å². The van der Waals surface area contributed by atoms with Gasteiger partial charge in [0.15, 0.2) is 11.5 Å². The molecule has 1 aliphatic rings. The van der Waals surface area contributed by atoms with Crippen LogP contribution in [0, 0.1) is 5.92 Å². The van der Waals surface area contributed by atoms with Crippen LogP contribution in [0.1, 0.15) is 69.8 Å². The second-order valence-electron chi connectivity index (χ2n) is 7.35. The number of unbranched alkanes of at least 4 members (excludes halogenated alkanes) is 2. The van der Waals surface area contributed by atoms with Crippen LogP contribution < -0.4 is 4.74 Å². The largest absolute Gasteiger partial charge is 0.504 e. The van der Waals surface area contributed by atoms with Crippen molar-refractivity contribution in [1.29, 1.82) is 0 Å². The topological polar surface area (TPSA) is 29.5 Å². The molecule has 1 aliphatic carbocycles. The summed E-state index contributed by atoms with van der Waals surface area (Å²) in [6.45, 7) is 2.28. The number of hydrogen-bond donors (Lipinski definition) is 1.